The van der Waals surface area contributed by atoms with Gasteiger partial charge in [0.05, 0.1) is 11.4 Å². The zero-order chi connectivity index (χ0) is 7.56. The summed E-state index contributed by atoms with van der Waals surface area (Å²) in [6, 6.07) is 0. The molecule has 0 spiro atoms. The average Bonchev–Trinajstić information content (AvgIpc) is 2.14. The van der Waals surface area contributed by atoms with Gasteiger partial charge >= 0.3 is 0 Å². The molecule has 0 aliphatic carbocycles. The third kappa shape index (κ3) is 1.38. The molecular weight excluding hydrogens is 124 g/mol. The molecule has 0 saturated carbocycles. The fraction of sp³-hybridized carbons (Fsp3) is 0.625. The van der Waals surface area contributed by atoms with Gasteiger partial charge in [-0.2, -0.15) is 0 Å². The molecule has 0 aromatic heterocycles. The zero-order valence-corrected chi connectivity index (χ0v) is 6.81. The number of aliphatic imine (C=N–C) groups is 1. The van der Waals surface area contributed by atoms with Crippen LogP contribution in [0.3, 0.4) is 0 Å². The number of allylic oxidation sites excluding steroid dienone is 2. The van der Waals surface area contributed by atoms with E-state index in [1.54, 1.807) is 0 Å². The lowest BCUT2D eigenvalue weighted by Gasteiger charge is -1.95. The van der Waals surface area contributed by atoms with Gasteiger partial charge in [0.2, 0.25) is 0 Å². The van der Waals surface area contributed by atoms with Gasteiger partial charge in [0, 0.05) is 6.42 Å². The monoisotopic (exact) mass is 137 g/mol. The predicted octanol–water partition coefficient (Wildman–Crippen LogP) is 2.05. The molecule has 10 heavy (non-hydrogen) atoms. The van der Waals surface area contributed by atoms with E-state index < -0.39 is 0 Å². The molecule has 0 atom stereocenters. The quantitative estimate of drug-likeness (QED) is 0.557. The fourth-order valence-corrected chi connectivity index (χ4v) is 0.909. The lowest BCUT2D eigenvalue weighted by atomic mass is 10.3. The summed E-state index contributed by atoms with van der Waals surface area (Å²) in [5.41, 5.74) is 2.15. The first-order valence-corrected chi connectivity index (χ1v) is 3.71. The van der Waals surface area contributed by atoms with Crippen LogP contribution in [0, 0.1) is 0 Å². The van der Waals surface area contributed by atoms with Gasteiger partial charge in [0.15, 0.2) is 0 Å². The van der Waals surface area contributed by atoms with Crippen molar-refractivity contribution in [2.45, 2.75) is 33.6 Å². The van der Waals surface area contributed by atoms with Gasteiger partial charge in [0.1, 0.15) is 5.84 Å². The lowest BCUT2D eigenvalue weighted by molar-refractivity contribution is 0.951. The van der Waals surface area contributed by atoms with Crippen LogP contribution >= 0.6 is 0 Å². The van der Waals surface area contributed by atoms with Crippen molar-refractivity contribution in [3.05, 3.63) is 11.4 Å². The number of amidine groups is 1. The SMILES string of the molecule is CCCC1=NC(C)=C(C)[N]1. The summed E-state index contributed by atoms with van der Waals surface area (Å²) in [7, 11) is 0. The summed E-state index contributed by atoms with van der Waals surface area (Å²) >= 11 is 0. The van der Waals surface area contributed by atoms with Crippen molar-refractivity contribution < 1.29 is 0 Å². The molecule has 0 amide bonds. The maximum Gasteiger partial charge on any atom is 0.128 e. The third-order valence-electron chi connectivity index (χ3n) is 1.59. The van der Waals surface area contributed by atoms with Crippen LogP contribution < -0.4 is 5.32 Å². The van der Waals surface area contributed by atoms with Crippen LogP contribution in [0.4, 0.5) is 0 Å². The second-order valence-corrected chi connectivity index (χ2v) is 2.56. The number of hydrogen-bond donors (Lipinski definition) is 0. The summed E-state index contributed by atoms with van der Waals surface area (Å²) in [5.74, 6) is 0.998. The molecule has 2 nitrogen and oxygen atoms in total. The molecule has 0 unspecified atom stereocenters. The molecular formula is C8H13N2. The standard InChI is InChI=1S/C8H13N2/c1-4-5-8-9-6(2)7(3)10-8/h4-5H2,1-3H3. The fourth-order valence-electron chi connectivity index (χ4n) is 0.909. The largest absolute Gasteiger partial charge is 0.236 e. The van der Waals surface area contributed by atoms with E-state index in [2.05, 4.69) is 17.2 Å². The van der Waals surface area contributed by atoms with E-state index in [1.807, 2.05) is 13.8 Å². The Bertz CT molecular complexity index is 189. The first-order chi connectivity index (χ1) is 4.74. The van der Waals surface area contributed by atoms with Crippen LogP contribution in [0.25, 0.3) is 0 Å². The second kappa shape index (κ2) is 2.86. The van der Waals surface area contributed by atoms with Gasteiger partial charge in [0.25, 0.3) is 0 Å². The van der Waals surface area contributed by atoms with Gasteiger partial charge < -0.3 is 0 Å². The minimum atomic E-state index is 0.998. The highest BCUT2D eigenvalue weighted by molar-refractivity contribution is 5.86. The Labute approximate surface area is 62.0 Å². The van der Waals surface area contributed by atoms with E-state index >= 15 is 0 Å². The van der Waals surface area contributed by atoms with Crippen LogP contribution in [-0.2, 0) is 0 Å². The van der Waals surface area contributed by atoms with Crippen LogP contribution in [-0.4, -0.2) is 5.84 Å². The molecule has 1 aliphatic rings. The molecule has 55 valence electrons. The number of rotatable bonds is 2. The number of hydrogen-bond acceptors (Lipinski definition) is 1. The molecule has 2 heteroatoms. The number of nitrogens with zero attached hydrogens (tertiary/aromatic N) is 2. The van der Waals surface area contributed by atoms with E-state index in [1.165, 1.54) is 0 Å². The Kier molecular flexibility index (Phi) is 2.10. The minimum absolute atomic E-state index is 0.998. The van der Waals surface area contributed by atoms with Crippen LogP contribution in [0.1, 0.15) is 33.6 Å². The molecule has 0 aromatic rings. The summed E-state index contributed by atoms with van der Waals surface area (Å²) in [6.07, 6.45) is 2.14. The van der Waals surface area contributed by atoms with Crippen molar-refractivity contribution in [3.63, 3.8) is 0 Å². The topological polar surface area (TPSA) is 26.5 Å². The van der Waals surface area contributed by atoms with E-state index in [0.29, 0.717) is 0 Å². The van der Waals surface area contributed by atoms with Crippen molar-refractivity contribution in [3.8, 4) is 0 Å². The highest BCUT2D eigenvalue weighted by Gasteiger charge is 2.10. The normalized spacial score (nSPS) is 17.3. The van der Waals surface area contributed by atoms with Crippen LogP contribution in [0.15, 0.2) is 16.4 Å². The highest BCUT2D eigenvalue weighted by atomic mass is 15.1. The molecule has 0 bridgehead atoms. The van der Waals surface area contributed by atoms with E-state index in [4.69, 9.17) is 0 Å². The van der Waals surface area contributed by atoms with Crippen molar-refractivity contribution in [2.75, 3.05) is 0 Å². The summed E-state index contributed by atoms with van der Waals surface area (Å²) in [5, 5.41) is 4.29. The smallest absolute Gasteiger partial charge is 0.128 e. The average molecular weight is 137 g/mol. The maximum absolute atomic E-state index is 4.29. The summed E-state index contributed by atoms with van der Waals surface area (Å²) in [4.78, 5) is 4.29. The maximum atomic E-state index is 4.29. The first-order valence-electron chi connectivity index (χ1n) is 3.71. The third-order valence-corrected chi connectivity index (χ3v) is 1.59. The van der Waals surface area contributed by atoms with Crippen LogP contribution in [0.5, 0.6) is 0 Å². The Balaban J connectivity index is 2.52. The van der Waals surface area contributed by atoms with E-state index in [0.717, 1.165) is 30.1 Å². The van der Waals surface area contributed by atoms with Crippen molar-refractivity contribution in [2.24, 2.45) is 4.99 Å². The van der Waals surface area contributed by atoms with Gasteiger partial charge in [-0.1, -0.05) is 6.92 Å². The molecule has 0 saturated heterocycles. The molecule has 1 rings (SSSR count). The van der Waals surface area contributed by atoms with E-state index in [-0.39, 0.29) is 0 Å². The molecule has 0 fully saturated rings. The lowest BCUT2D eigenvalue weighted by Crippen LogP contribution is -2.08. The minimum Gasteiger partial charge on any atom is -0.236 e. The molecule has 1 aliphatic heterocycles. The second-order valence-electron chi connectivity index (χ2n) is 2.56. The summed E-state index contributed by atoms with van der Waals surface area (Å²) in [6.45, 7) is 6.14. The van der Waals surface area contributed by atoms with Crippen molar-refractivity contribution >= 4 is 5.84 Å². The Hall–Kier alpha value is -0.790. The van der Waals surface area contributed by atoms with Crippen LogP contribution in [0.2, 0.25) is 0 Å². The first kappa shape index (κ1) is 7.32. The summed E-state index contributed by atoms with van der Waals surface area (Å²) < 4.78 is 0. The Morgan fingerprint density at radius 2 is 1.90 bits per heavy atom. The molecule has 0 N–H and O–H groups in total. The predicted molar refractivity (Wildman–Crippen MR) is 42.9 cm³/mol. The van der Waals surface area contributed by atoms with Gasteiger partial charge in [-0.15, -0.1) is 0 Å². The molecule has 1 radical (unpaired) electrons. The zero-order valence-electron chi connectivity index (χ0n) is 6.81. The van der Waals surface area contributed by atoms with Crippen molar-refractivity contribution in [1.29, 1.82) is 0 Å². The van der Waals surface area contributed by atoms with Gasteiger partial charge in [-0.05, 0) is 20.3 Å². The van der Waals surface area contributed by atoms with Gasteiger partial charge in [-0.25, -0.2) is 10.3 Å². The highest BCUT2D eigenvalue weighted by Crippen LogP contribution is 2.12. The Morgan fingerprint density at radius 1 is 1.20 bits per heavy atom. The molecule has 1 heterocycles. The Morgan fingerprint density at radius 3 is 2.30 bits per heavy atom. The van der Waals surface area contributed by atoms with E-state index in [9.17, 15) is 0 Å². The molecule has 0 aromatic carbocycles. The van der Waals surface area contributed by atoms with Gasteiger partial charge in [-0.3, -0.25) is 0 Å². The van der Waals surface area contributed by atoms with Crippen molar-refractivity contribution in [1.82, 2.24) is 5.32 Å².